The van der Waals surface area contributed by atoms with E-state index in [1.165, 1.54) is 37.7 Å². The Labute approximate surface area is 117 Å². The van der Waals surface area contributed by atoms with Gasteiger partial charge in [0.15, 0.2) is 0 Å². The second-order valence-corrected chi connectivity index (χ2v) is 5.55. The molecule has 1 fully saturated rings. The zero-order valence-electron chi connectivity index (χ0n) is 12.1. The minimum atomic E-state index is 0.509. The van der Waals surface area contributed by atoms with Crippen LogP contribution in [-0.4, -0.2) is 42.7 Å². The van der Waals surface area contributed by atoms with Crippen LogP contribution in [-0.2, 0) is 11.2 Å². The van der Waals surface area contributed by atoms with Crippen LogP contribution >= 0.6 is 0 Å². The van der Waals surface area contributed by atoms with Crippen molar-refractivity contribution in [3.05, 3.63) is 30.1 Å². The number of pyridine rings is 1. The average molecular weight is 262 g/mol. The lowest BCUT2D eigenvalue weighted by molar-refractivity contribution is 0.00672. The summed E-state index contributed by atoms with van der Waals surface area (Å²) < 4.78 is 5.77. The van der Waals surface area contributed by atoms with Crippen LogP contribution in [0.15, 0.2) is 24.5 Å². The standard InChI is InChI=1S/C16H26N2O/c1-18(12-9-16-8-2-3-13-19-16)11-5-7-15-6-4-10-17-14-15/h4,6,10,14,16H,2-3,5,7-9,11-13H2,1H3. The highest BCUT2D eigenvalue weighted by Crippen LogP contribution is 2.15. The van der Waals surface area contributed by atoms with E-state index in [1.54, 1.807) is 0 Å². The SMILES string of the molecule is CN(CCCc1cccnc1)CCC1CCCCO1. The molecule has 0 N–H and O–H groups in total. The fraction of sp³-hybridized carbons (Fsp3) is 0.688. The first kappa shape index (κ1) is 14.5. The maximum Gasteiger partial charge on any atom is 0.0587 e. The summed E-state index contributed by atoms with van der Waals surface area (Å²) in [6.45, 7) is 3.27. The van der Waals surface area contributed by atoms with Crippen molar-refractivity contribution in [1.29, 1.82) is 0 Å². The Morgan fingerprint density at radius 1 is 1.37 bits per heavy atom. The van der Waals surface area contributed by atoms with Gasteiger partial charge in [-0.05, 0) is 63.7 Å². The van der Waals surface area contributed by atoms with Crippen molar-refractivity contribution in [2.75, 3.05) is 26.7 Å². The molecule has 0 saturated carbocycles. The molecule has 1 atom stereocenters. The molecule has 1 aliphatic rings. The molecular weight excluding hydrogens is 236 g/mol. The molecule has 3 heteroatoms. The van der Waals surface area contributed by atoms with Gasteiger partial charge in [0.25, 0.3) is 0 Å². The van der Waals surface area contributed by atoms with Gasteiger partial charge in [0.2, 0.25) is 0 Å². The lowest BCUT2D eigenvalue weighted by Crippen LogP contribution is -2.27. The summed E-state index contributed by atoms with van der Waals surface area (Å²) in [5.41, 5.74) is 1.34. The number of hydrogen-bond acceptors (Lipinski definition) is 3. The molecule has 1 aromatic rings. The number of aryl methyl sites for hydroxylation is 1. The molecule has 0 aliphatic carbocycles. The lowest BCUT2D eigenvalue weighted by Gasteiger charge is -2.25. The lowest BCUT2D eigenvalue weighted by atomic mass is 10.1. The minimum absolute atomic E-state index is 0.509. The molecule has 0 radical (unpaired) electrons. The molecule has 2 rings (SSSR count). The van der Waals surface area contributed by atoms with E-state index in [1.807, 2.05) is 18.5 Å². The van der Waals surface area contributed by atoms with Crippen LogP contribution in [0, 0.1) is 0 Å². The van der Waals surface area contributed by atoms with E-state index in [0.717, 1.165) is 26.1 Å². The van der Waals surface area contributed by atoms with Gasteiger partial charge in [0.1, 0.15) is 0 Å². The summed E-state index contributed by atoms with van der Waals surface area (Å²) in [5, 5.41) is 0. The van der Waals surface area contributed by atoms with Crippen LogP contribution in [0.2, 0.25) is 0 Å². The van der Waals surface area contributed by atoms with E-state index < -0.39 is 0 Å². The van der Waals surface area contributed by atoms with Crippen molar-refractivity contribution < 1.29 is 4.74 Å². The Balaban J connectivity index is 1.55. The van der Waals surface area contributed by atoms with Crippen LogP contribution < -0.4 is 0 Å². The molecule has 0 aromatic carbocycles. The highest BCUT2D eigenvalue weighted by atomic mass is 16.5. The number of rotatable bonds is 7. The monoisotopic (exact) mass is 262 g/mol. The molecule has 0 spiro atoms. The van der Waals surface area contributed by atoms with Gasteiger partial charge in [-0.25, -0.2) is 0 Å². The highest BCUT2D eigenvalue weighted by Gasteiger charge is 2.13. The van der Waals surface area contributed by atoms with E-state index in [4.69, 9.17) is 4.74 Å². The first-order valence-electron chi connectivity index (χ1n) is 7.53. The first-order valence-corrected chi connectivity index (χ1v) is 7.53. The van der Waals surface area contributed by atoms with Gasteiger partial charge < -0.3 is 9.64 Å². The van der Waals surface area contributed by atoms with E-state index in [2.05, 4.69) is 23.0 Å². The normalized spacial score (nSPS) is 19.8. The van der Waals surface area contributed by atoms with E-state index in [0.29, 0.717) is 6.10 Å². The molecule has 0 bridgehead atoms. The topological polar surface area (TPSA) is 25.4 Å². The molecule has 0 amide bonds. The predicted octanol–water partition coefficient (Wildman–Crippen LogP) is 2.91. The Kier molecular flexibility index (Phi) is 6.31. The van der Waals surface area contributed by atoms with Crippen LogP contribution in [0.3, 0.4) is 0 Å². The second kappa shape index (κ2) is 8.28. The van der Waals surface area contributed by atoms with Gasteiger partial charge in [-0.3, -0.25) is 4.98 Å². The molecule has 1 aliphatic heterocycles. The van der Waals surface area contributed by atoms with Crippen molar-refractivity contribution >= 4 is 0 Å². The first-order chi connectivity index (χ1) is 9.34. The maximum atomic E-state index is 5.77. The molecule has 3 nitrogen and oxygen atoms in total. The van der Waals surface area contributed by atoms with Crippen molar-refractivity contribution in [2.24, 2.45) is 0 Å². The third-order valence-electron chi connectivity index (χ3n) is 3.83. The summed E-state index contributed by atoms with van der Waals surface area (Å²) in [6.07, 6.45) is 11.7. The molecule has 1 saturated heterocycles. The molecule has 19 heavy (non-hydrogen) atoms. The summed E-state index contributed by atoms with van der Waals surface area (Å²) in [6, 6.07) is 4.17. The molecule has 1 aromatic heterocycles. The molecule has 1 unspecified atom stereocenters. The largest absolute Gasteiger partial charge is 0.378 e. The summed E-state index contributed by atoms with van der Waals surface area (Å²) in [7, 11) is 2.21. The average Bonchev–Trinajstić information content (AvgIpc) is 2.47. The van der Waals surface area contributed by atoms with Gasteiger partial charge in [-0.2, -0.15) is 0 Å². The number of aromatic nitrogens is 1. The van der Waals surface area contributed by atoms with Gasteiger partial charge in [-0.1, -0.05) is 6.07 Å². The van der Waals surface area contributed by atoms with Crippen molar-refractivity contribution in [2.45, 2.75) is 44.6 Å². The molecular formula is C16H26N2O. The second-order valence-electron chi connectivity index (χ2n) is 5.55. The van der Waals surface area contributed by atoms with Crippen LogP contribution in [0.1, 0.15) is 37.7 Å². The summed E-state index contributed by atoms with van der Waals surface area (Å²) >= 11 is 0. The Morgan fingerprint density at radius 3 is 3.05 bits per heavy atom. The highest BCUT2D eigenvalue weighted by molar-refractivity contribution is 5.08. The Bertz CT molecular complexity index is 336. The zero-order chi connectivity index (χ0) is 13.3. The fourth-order valence-electron chi connectivity index (χ4n) is 2.61. The minimum Gasteiger partial charge on any atom is -0.378 e. The van der Waals surface area contributed by atoms with Crippen molar-refractivity contribution in [3.8, 4) is 0 Å². The zero-order valence-corrected chi connectivity index (χ0v) is 12.1. The van der Waals surface area contributed by atoms with Gasteiger partial charge in [0, 0.05) is 25.5 Å². The van der Waals surface area contributed by atoms with Crippen LogP contribution in [0.25, 0.3) is 0 Å². The third kappa shape index (κ3) is 5.70. The van der Waals surface area contributed by atoms with Crippen molar-refractivity contribution in [1.82, 2.24) is 9.88 Å². The van der Waals surface area contributed by atoms with Gasteiger partial charge in [-0.15, -0.1) is 0 Å². The fourth-order valence-corrected chi connectivity index (χ4v) is 2.61. The van der Waals surface area contributed by atoms with Crippen LogP contribution in [0.5, 0.6) is 0 Å². The van der Waals surface area contributed by atoms with Gasteiger partial charge >= 0.3 is 0 Å². The van der Waals surface area contributed by atoms with Crippen molar-refractivity contribution in [3.63, 3.8) is 0 Å². The van der Waals surface area contributed by atoms with Gasteiger partial charge in [0.05, 0.1) is 6.10 Å². The quantitative estimate of drug-likeness (QED) is 0.755. The van der Waals surface area contributed by atoms with E-state index in [-0.39, 0.29) is 0 Å². The van der Waals surface area contributed by atoms with E-state index in [9.17, 15) is 0 Å². The van der Waals surface area contributed by atoms with E-state index >= 15 is 0 Å². The molecule has 106 valence electrons. The smallest absolute Gasteiger partial charge is 0.0587 e. The predicted molar refractivity (Wildman–Crippen MR) is 78.3 cm³/mol. The number of ether oxygens (including phenoxy) is 1. The maximum absolute atomic E-state index is 5.77. The number of hydrogen-bond donors (Lipinski definition) is 0. The Hall–Kier alpha value is -0.930. The van der Waals surface area contributed by atoms with Crippen LogP contribution in [0.4, 0.5) is 0 Å². The summed E-state index contributed by atoms with van der Waals surface area (Å²) in [4.78, 5) is 6.57. The summed E-state index contributed by atoms with van der Waals surface area (Å²) in [5.74, 6) is 0. The Morgan fingerprint density at radius 2 is 2.32 bits per heavy atom. The third-order valence-corrected chi connectivity index (χ3v) is 3.83. The number of nitrogens with zero attached hydrogens (tertiary/aromatic N) is 2. The molecule has 2 heterocycles.